The van der Waals surface area contributed by atoms with Crippen molar-refractivity contribution < 1.29 is 0 Å². The minimum Gasteiger partial charge on any atom is -0.348 e. The molecule has 8 heteroatoms. The maximum atomic E-state index is 4.68. The molecule has 0 amide bonds. The zero-order valence-electron chi connectivity index (χ0n) is 13.8. The van der Waals surface area contributed by atoms with Crippen LogP contribution in [0.2, 0.25) is 0 Å². The molecule has 3 aromatic heterocycles. The van der Waals surface area contributed by atoms with Gasteiger partial charge >= 0.3 is 0 Å². The second-order valence-corrected chi connectivity index (χ2v) is 6.14. The Morgan fingerprint density at radius 1 is 1.12 bits per heavy atom. The first-order valence-electron chi connectivity index (χ1n) is 8.42. The van der Waals surface area contributed by atoms with Gasteiger partial charge in [-0.15, -0.1) is 0 Å². The van der Waals surface area contributed by atoms with Crippen molar-refractivity contribution in [3.63, 3.8) is 0 Å². The van der Waals surface area contributed by atoms with Crippen LogP contribution >= 0.6 is 0 Å². The van der Waals surface area contributed by atoms with Crippen molar-refractivity contribution in [3.8, 4) is 0 Å². The second kappa shape index (κ2) is 7.35. The molecule has 25 heavy (non-hydrogen) atoms. The van der Waals surface area contributed by atoms with Crippen molar-refractivity contribution in [1.29, 1.82) is 0 Å². The number of likely N-dealkylation sites (tertiary alicyclic amines) is 1. The first kappa shape index (κ1) is 15.6. The van der Waals surface area contributed by atoms with E-state index in [-0.39, 0.29) is 0 Å². The third kappa shape index (κ3) is 3.97. The first-order chi connectivity index (χ1) is 12.4. The van der Waals surface area contributed by atoms with E-state index < -0.39 is 0 Å². The summed E-state index contributed by atoms with van der Waals surface area (Å²) in [5.74, 6) is 2.07. The van der Waals surface area contributed by atoms with Gasteiger partial charge < -0.3 is 10.3 Å². The van der Waals surface area contributed by atoms with Crippen molar-refractivity contribution in [2.75, 3.05) is 18.4 Å². The van der Waals surface area contributed by atoms with Crippen molar-refractivity contribution >= 4 is 11.6 Å². The lowest BCUT2D eigenvalue weighted by Gasteiger charge is -2.31. The van der Waals surface area contributed by atoms with Gasteiger partial charge in [0.15, 0.2) is 0 Å². The van der Waals surface area contributed by atoms with Gasteiger partial charge in [-0.25, -0.2) is 24.9 Å². The van der Waals surface area contributed by atoms with Crippen LogP contribution < -0.4 is 5.32 Å². The van der Waals surface area contributed by atoms with Crippen molar-refractivity contribution in [2.24, 2.45) is 0 Å². The zero-order valence-corrected chi connectivity index (χ0v) is 13.8. The summed E-state index contributed by atoms with van der Waals surface area (Å²) >= 11 is 0. The van der Waals surface area contributed by atoms with Crippen molar-refractivity contribution in [3.05, 3.63) is 54.9 Å². The molecule has 1 aliphatic heterocycles. The highest BCUT2D eigenvalue weighted by Gasteiger charge is 2.22. The van der Waals surface area contributed by atoms with Gasteiger partial charge in [-0.3, -0.25) is 4.90 Å². The Labute approximate surface area is 145 Å². The van der Waals surface area contributed by atoms with Crippen LogP contribution in [-0.2, 0) is 6.54 Å². The predicted octanol–water partition coefficient (Wildman–Crippen LogP) is 2.11. The Morgan fingerprint density at radius 3 is 2.72 bits per heavy atom. The van der Waals surface area contributed by atoms with Gasteiger partial charge in [0.1, 0.15) is 12.2 Å². The number of hydrogen-bond acceptors (Lipinski definition) is 7. The van der Waals surface area contributed by atoms with E-state index in [4.69, 9.17) is 0 Å². The van der Waals surface area contributed by atoms with E-state index in [0.29, 0.717) is 11.9 Å². The summed E-state index contributed by atoms with van der Waals surface area (Å²) < 4.78 is 0. The first-order valence-corrected chi connectivity index (χ1v) is 8.42. The number of imidazole rings is 1. The molecular weight excluding hydrogens is 316 g/mol. The fraction of sp³-hybridized carbons (Fsp3) is 0.353. The molecule has 2 N–H and O–H groups in total. The minimum atomic E-state index is 0.462. The number of hydrogen-bond donors (Lipinski definition) is 2. The summed E-state index contributed by atoms with van der Waals surface area (Å²) in [6, 6.07) is 2.01. The number of piperidine rings is 1. The van der Waals surface area contributed by atoms with E-state index in [9.17, 15) is 0 Å². The van der Waals surface area contributed by atoms with Crippen LogP contribution in [-0.4, -0.2) is 47.9 Å². The SMILES string of the molecule is c1ncc(Nc2nccc(C3CCN(Cc4ncc[nH]4)CC3)n2)cn1. The molecule has 1 saturated heterocycles. The van der Waals surface area contributed by atoms with E-state index in [1.54, 1.807) is 18.6 Å². The highest BCUT2D eigenvalue weighted by Crippen LogP contribution is 2.27. The lowest BCUT2D eigenvalue weighted by Crippen LogP contribution is -2.33. The fourth-order valence-corrected chi connectivity index (χ4v) is 3.14. The van der Waals surface area contributed by atoms with E-state index >= 15 is 0 Å². The second-order valence-electron chi connectivity index (χ2n) is 6.14. The summed E-state index contributed by atoms with van der Waals surface area (Å²) in [4.78, 5) is 26.8. The van der Waals surface area contributed by atoms with E-state index in [1.165, 1.54) is 6.33 Å². The fourth-order valence-electron chi connectivity index (χ4n) is 3.14. The number of aromatic nitrogens is 6. The van der Waals surface area contributed by atoms with Gasteiger partial charge in [0.25, 0.3) is 0 Å². The molecule has 4 heterocycles. The number of nitrogens with zero attached hydrogens (tertiary/aromatic N) is 6. The standard InChI is InChI=1S/C17H20N8/c1-4-22-17(23-14-9-18-12-19-10-14)24-15(1)13-2-7-25(8-3-13)11-16-20-5-6-21-16/h1,4-6,9-10,12-13H,2-3,7-8,11H2,(H,20,21)(H,22,23,24). The van der Waals surface area contributed by atoms with Crippen molar-refractivity contribution in [1.82, 2.24) is 34.8 Å². The van der Waals surface area contributed by atoms with Crippen molar-refractivity contribution in [2.45, 2.75) is 25.3 Å². The maximum absolute atomic E-state index is 4.68. The van der Waals surface area contributed by atoms with Crippen LogP contribution in [0, 0.1) is 0 Å². The Hall–Kier alpha value is -2.87. The third-order valence-corrected chi connectivity index (χ3v) is 4.43. The summed E-state index contributed by atoms with van der Waals surface area (Å²) in [5.41, 5.74) is 1.87. The summed E-state index contributed by atoms with van der Waals surface area (Å²) in [7, 11) is 0. The van der Waals surface area contributed by atoms with Gasteiger partial charge in [-0.2, -0.15) is 0 Å². The van der Waals surface area contributed by atoms with Gasteiger partial charge in [-0.05, 0) is 32.0 Å². The molecule has 4 rings (SSSR count). The minimum absolute atomic E-state index is 0.462. The van der Waals surface area contributed by atoms with Crippen LogP contribution in [0.15, 0.2) is 43.4 Å². The molecule has 0 spiro atoms. The van der Waals surface area contributed by atoms with Crippen LogP contribution in [0.1, 0.15) is 30.3 Å². The monoisotopic (exact) mass is 336 g/mol. The van der Waals surface area contributed by atoms with Crippen LogP contribution in [0.3, 0.4) is 0 Å². The van der Waals surface area contributed by atoms with Crippen LogP contribution in [0.4, 0.5) is 11.6 Å². The predicted molar refractivity (Wildman–Crippen MR) is 93.2 cm³/mol. The Morgan fingerprint density at radius 2 is 1.96 bits per heavy atom. The number of rotatable bonds is 5. The normalized spacial score (nSPS) is 16.0. The van der Waals surface area contributed by atoms with Crippen LogP contribution in [0.5, 0.6) is 0 Å². The summed E-state index contributed by atoms with van der Waals surface area (Å²) in [6.07, 6.45) is 12.6. The Kier molecular flexibility index (Phi) is 4.60. The van der Waals surface area contributed by atoms with Gasteiger partial charge in [-0.1, -0.05) is 0 Å². The Balaban J connectivity index is 1.37. The molecule has 0 bridgehead atoms. The highest BCUT2D eigenvalue weighted by atomic mass is 15.2. The molecule has 0 saturated carbocycles. The lowest BCUT2D eigenvalue weighted by atomic mass is 9.93. The van der Waals surface area contributed by atoms with Gasteiger partial charge in [0, 0.05) is 30.2 Å². The molecule has 0 unspecified atom stereocenters. The molecular formula is C17H20N8. The van der Waals surface area contributed by atoms with Gasteiger partial charge in [0.2, 0.25) is 5.95 Å². The summed E-state index contributed by atoms with van der Waals surface area (Å²) in [5, 5.41) is 3.15. The van der Waals surface area contributed by atoms with Gasteiger partial charge in [0.05, 0.1) is 24.6 Å². The topological polar surface area (TPSA) is 95.5 Å². The lowest BCUT2D eigenvalue weighted by molar-refractivity contribution is 0.199. The summed E-state index contributed by atoms with van der Waals surface area (Å²) in [6.45, 7) is 2.97. The third-order valence-electron chi connectivity index (χ3n) is 4.43. The molecule has 1 aliphatic rings. The molecule has 0 aromatic carbocycles. The molecule has 3 aromatic rings. The number of anilines is 2. The maximum Gasteiger partial charge on any atom is 0.227 e. The number of nitrogens with one attached hydrogen (secondary N) is 2. The molecule has 0 atom stereocenters. The van der Waals surface area contributed by atoms with E-state index in [1.807, 2.05) is 18.5 Å². The van der Waals surface area contributed by atoms with Crippen LogP contribution in [0.25, 0.3) is 0 Å². The quantitative estimate of drug-likeness (QED) is 0.736. The molecule has 0 aliphatic carbocycles. The van der Waals surface area contributed by atoms with E-state index in [2.05, 4.69) is 40.1 Å². The number of H-pyrrole nitrogens is 1. The Bertz CT molecular complexity index is 781. The smallest absolute Gasteiger partial charge is 0.227 e. The zero-order chi connectivity index (χ0) is 16.9. The largest absolute Gasteiger partial charge is 0.348 e. The molecule has 0 radical (unpaired) electrons. The average molecular weight is 336 g/mol. The van der Waals surface area contributed by atoms with E-state index in [0.717, 1.165) is 49.7 Å². The number of aromatic amines is 1. The molecule has 1 fully saturated rings. The highest BCUT2D eigenvalue weighted by molar-refractivity contribution is 5.49. The average Bonchev–Trinajstić information content (AvgIpc) is 3.16. The molecule has 128 valence electrons. The molecule has 8 nitrogen and oxygen atoms in total.